The lowest BCUT2D eigenvalue weighted by atomic mass is 9.84. The molecule has 2 amide bonds. The minimum atomic E-state index is -0.752. The fourth-order valence-electron chi connectivity index (χ4n) is 4.57. The molecule has 0 bridgehead atoms. The molecule has 0 spiro atoms. The third-order valence-corrected chi connectivity index (χ3v) is 6.62. The number of nitrogens with one attached hydrogen (secondary N) is 1. The molecule has 0 saturated carbocycles. The molecule has 1 fully saturated rings. The summed E-state index contributed by atoms with van der Waals surface area (Å²) in [5, 5.41) is 2.97. The molecule has 1 heterocycles. The maximum Gasteiger partial charge on any atom is 0.408 e. The van der Waals surface area contributed by atoms with Crippen LogP contribution in [-0.2, 0) is 21.6 Å². The van der Waals surface area contributed by atoms with E-state index >= 15 is 0 Å². The molecule has 0 radical (unpaired) electrons. The van der Waals surface area contributed by atoms with Crippen molar-refractivity contribution in [2.24, 2.45) is 0 Å². The number of aryl methyl sites for hydroxylation is 1. The number of likely N-dealkylation sites (tertiary alicyclic amines) is 1. The Kier molecular flexibility index (Phi) is 7.63. The van der Waals surface area contributed by atoms with E-state index in [1.165, 1.54) is 5.56 Å². The van der Waals surface area contributed by atoms with E-state index in [1.54, 1.807) is 0 Å². The predicted octanol–water partition coefficient (Wildman–Crippen LogP) is 5.62. The summed E-state index contributed by atoms with van der Waals surface area (Å²) in [6.07, 6.45) is 1.92. The second kappa shape index (κ2) is 11.0. The van der Waals surface area contributed by atoms with E-state index in [-0.39, 0.29) is 11.9 Å². The first kappa shape index (κ1) is 23.6. The molecule has 0 aliphatic carbocycles. The Morgan fingerprint density at radius 2 is 1.44 bits per heavy atom. The number of hydrogen-bond donors (Lipinski definition) is 1. The molecule has 1 N–H and O–H groups in total. The van der Waals surface area contributed by atoms with Crippen LogP contribution in [0.5, 0.6) is 0 Å². The molecule has 1 aliphatic heterocycles. The van der Waals surface area contributed by atoms with Crippen molar-refractivity contribution in [2.45, 2.75) is 44.2 Å². The molecule has 34 heavy (non-hydrogen) atoms. The quantitative estimate of drug-likeness (QED) is 0.502. The first-order valence-corrected chi connectivity index (χ1v) is 12.0. The van der Waals surface area contributed by atoms with Crippen molar-refractivity contribution in [3.8, 4) is 0 Å². The van der Waals surface area contributed by atoms with Crippen molar-refractivity contribution in [1.82, 2.24) is 10.2 Å². The molecule has 1 atom stereocenters. The zero-order valence-corrected chi connectivity index (χ0v) is 19.7. The zero-order chi connectivity index (χ0) is 23.8. The van der Waals surface area contributed by atoms with Crippen LogP contribution in [0.25, 0.3) is 0 Å². The number of alkyl carbamates (subject to hydrolysis) is 1. The van der Waals surface area contributed by atoms with Crippen molar-refractivity contribution in [3.63, 3.8) is 0 Å². The summed E-state index contributed by atoms with van der Waals surface area (Å²) in [6.45, 7) is 3.06. The molecular formula is C29H32N2O3. The Hall–Kier alpha value is -3.60. The van der Waals surface area contributed by atoms with Crippen LogP contribution in [0.15, 0.2) is 91.0 Å². The van der Waals surface area contributed by atoms with Gasteiger partial charge in [-0.3, -0.25) is 4.79 Å². The van der Waals surface area contributed by atoms with Gasteiger partial charge in [0.15, 0.2) is 0 Å². The Morgan fingerprint density at radius 3 is 2.06 bits per heavy atom. The van der Waals surface area contributed by atoms with E-state index < -0.39 is 11.7 Å². The molecule has 1 unspecified atom stereocenters. The number of piperidine rings is 1. The lowest BCUT2D eigenvalue weighted by Gasteiger charge is -2.41. The van der Waals surface area contributed by atoms with Crippen molar-refractivity contribution in [2.75, 3.05) is 13.1 Å². The lowest BCUT2D eigenvalue weighted by molar-refractivity contribution is -0.135. The second-order valence-corrected chi connectivity index (χ2v) is 8.89. The van der Waals surface area contributed by atoms with E-state index in [0.29, 0.717) is 32.4 Å². The number of rotatable bonds is 7. The summed E-state index contributed by atoms with van der Waals surface area (Å²) < 4.78 is 6.13. The smallest absolute Gasteiger partial charge is 0.408 e. The highest BCUT2D eigenvalue weighted by Crippen LogP contribution is 2.37. The molecule has 4 rings (SSSR count). The van der Waals surface area contributed by atoms with Crippen LogP contribution in [0.1, 0.15) is 48.9 Å². The third-order valence-electron chi connectivity index (χ3n) is 6.62. The van der Waals surface area contributed by atoms with E-state index in [9.17, 15) is 9.59 Å². The highest BCUT2D eigenvalue weighted by atomic mass is 16.6. The van der Waals surface area contributed by atoms with E-state index in [0.717, 1.165) is 17.5 Å². The standard InChI is InChI=1S/C29H32N2O3/c1-23(25-13-7-3-8-14-25)30-28(33)34-29(26-15-9-4-10-16-26)19-21-31(22-20-29)27(32)18-17-24-11-5-2-6-12-24/h2-16,23H,17-22H2,1H3,(H,30,33). The van der Waals surface area contributed by atoms with Crippen molar-refractivity contribution >= 4 is 12.0 Å². The monoisotopic (exact) mass is 456 g/mol. The van der Waals surface area contributed by atoms with Crippen molar-refractivity contribution in [3.05, 3.63) is 108 Å². The largest absolute Gasteiger partial charge is 0.438 e. The van der Waals surface area contributed by atoms with Gasteiger partial charge in [-0.1, -0.05) is 91.0 Å². The summed E-state index contributed by atoms with van der Waals surface area (Å²) in [4.78, 5) is 27.7. The number of carbonyl (C=O) groups is 2. The van der Waals surface area contributed by atoms with Gasteiger partial charge in [-0.2, -0.15) is 0 Å². The van der Waals surface area contributed by atoms with Gasteiger partial charge < -0.3 is 15.0 Å². The highest BCUT2D eigenvalue weighted by Gasteiger charge is 2.41. The molecule has 176 valence electrons. The average Bonchev–Trinajstić information content (AvgIpc) is 2.89. The molecule has 1 saturated heterocycles. The van der Waals surface area contributed by atoms with Crippen LogP contribution in [0.3, 0.4) is 0 Å². The van der Waals surface area contributed by atoms with Crippen LogP contribution < -0.4 is 5.32 Å². The van der Waals surface area contributed by atoms with E-state index in [2.05, 4.69) is 5.32 Å². The Labute approximate surface area is 201 Å². The van der Waals surface area contributed by atoms with Crippen LogP contribution in [0.4, 0.5) is 4.79 Å². The summed E-state index contributed by atoms with van der Waals surface area (Å²) in [5.41, 5.74) is 2.40. The molecular weight excluding hydrogens is 424 g/mol. The predicted molar refractivity (Wildman–Crippen MR) is 133 cm³/mol. The summed E-state index contributed by atoms with van der Waals surface area (Å²) >= 11 is 0. The maximum absolute atomic E-state index is 12.9. The Bertz CT molecular complexity index is 1060. The number of carbonyl (C=O) groups excluding carboxylic acids is 2. The normalized spacial score (nSPS) is 15.9. The van der Waals surface area contributed by atoms with E-state index in [4.69, 9.17) is 4.74 Å². The van der Waals surface area contributed by atoms with Gasteiger partial charge in [0.05, 0.1) is 6.04 Å². The fraction of sp³-hybridized carbons (Fsp3) is 0.310. The lowest BCUT2D eigenvalue weighted by Crippen LogP contribution is -2.48. The SMILES string of the molecule is CC(NC(=O)OC1(c2ccccc2)CCN(C(=O)CCc2ccccc2)CC1)c1ccccc1. The van der Waals surface area contributed by atoms with Gasteiger partial charge in [-0.05, 0) is 30.0 Å². The number of benzene rings is 3. The summed E-state index contributed by atoms with van der Waals surface area (Å²) in [5.74, 6) is 0.146. The number of ether oxygens (including phenoxy) is 1. The summed E-state index contributed by atoms with van der Waals surface area (Å²) in [6, 6.07) is 29.6. The minimum Gasteiger partial charge on any atom is -0.438 e. The van der Waals surface area contributed by atoms with Crippen LogP contribution in [0.2, 0.25) is 0 Å². The van der Waals surface area contributed by atoms with E-state index in [1.807, 2.05) is 103 Å². The molecule has 5 heteroatoms. The van der Waals surface area contributed by atoms with Gasteiger partial charge in [-0.25, -0.2) is 4.79 Å². The molecule has 5 nitrogen and oxygen atoms in total. The Morgan fingerprint density at radius 1 is 0.882 bits per heavy atom. The first-order chi connectivity index (χ1) is 16.6. The van der Waals surface area contributed by atoms with Gasteiger partial charge in [0.1, 0.15) is 5.60 Å². The van der Waals surface area contributed by atoms with Gasteiger partial charge in [-0.15, -0.1) is 0 Å². The molecule has 0 aromatic heterocycles. The van der Waals surface area contributed by atoms with Gasteiger partial charge in [0.25, 0.3) is 0 Å². The van der Waals surface area contributed by atoms with Crippen LogP contribution in [0, 0.1) is 0 Å². The zero-order valence-electron chi connectivity index (χ0n) is 19.7. The molecule has 1 aliphatic rings. The third kappa shape index (κ3) is 5.84. The summed E-state index contributed by atoms with van der Waals surface area (Å²) in [7, 11) is 0. The minimum absolute atomic E-state index is 0.146. The van der Waals surface area contributed by atoms with Crippen molar-refractivity contribution in [1.29, 1.82) is 0 Å². The number of amides is 2. The first-order valence-electron chi connectivity index (χ1n) is 12.0. The fourth-order valence-corrected chi connectivity index (χ4v) is 4.57. The topological polar surface area (TPSA) is 58.6 Å². The average molecular weight is 457 g/mol. The number of nitrogens with zero attached hydrogens (tertiary/aromatic N) is 1. The second-order valence-electron chi connectivity index (χ2n) is 8.89. The molecule has 3 aromatic rings. The highest BCUT2D eigenvalue weighted by molar-refractivity contribution is 5.76. The van der Waals surface area contributed by atoms with Gasteiger partial charge in [0, 0.05) is 32.4 Å². The van der Waals surface area contributed by atoms with Gasteiger partial charge in [0.2, 0.25) is 5.91 Å². The van der Waals surface area contributed by atoms with Crippen molar-refractivity contribution < 1.29 is 14.3 Å². The van der Waals surface area contributed by atoms with Crippen LogP contribution >= 0.6 is 0 Å². The van der Waals surface area contributed by atoms with Crippen LogP contribution in [-0.4, -0.2) is 30.0 Å². The number of hydrogen-bond acceptors (Lipinski definition) is 3. The molecule has 3 aromatic carbocycles. The maximum atomic E-state index is 12.9. The van der Waals surface area contributed by atoms with Gasteiger partial charge >= 0.3 is 6.09 Å². The Balaban J connectivity index is 1.40.